The molecule has 0 aliphatic carbocycles. The number of furan rings is 1. The van der Waals surface area contributed by atoms with E-state index in [0.29, 0.717) is 34.8 Å². The number of benzene rings is 18. The summed E-state index contributed by atoms with van der Waals surface area (Å²) in [6, 6.07) is 138. The van der Waals surface area contributed by atoms with Gasteiger partial charge in [-0.3, -0.25) is 9.13 Å². The monoisotopic (exact) mass is 1720 g/mol. The van der Waals surface area contributed by atoms with Gasteiger partial charge in [0.25, 0.3) is 0 Å². The van der Waals surface area contributed by atoms with Gasteiger partial charge in [0, 0.05) is 122 Å². The SMILES string of the molecule is [C-]#[N+]c1ccc(-c2ccc(-c3nc(-n4c5ccccc5c5cc6sc7ccccc7c6cc54)nc4ccccc34)cc2)cc1.[C-]#[N+]c1ccc(-c2nc(-c3ccc(-n4c5ccccc5c5cc6sc7ccccc7c6cc54)cc3)nc3ccccc23)cc1.[C-]#[N+]c1cccc(-c2ccc(-c3nc(-n4c5ccccc5c5cc6oc7ccccc7c6cc54)nc4ccccc34)cc2)c1. The summed E-state index contributed by atoms with van der Waals surface area (Å²) < 4.78 is 18.2. The first-order valence-corrected chi connectivity index (χ1v) is 45.0. The Morgan fingerprint density at radius 2 is 0.583 bits per heavy atom. The fourth-order valence-corrected chi connectivity index (χ4v) is 21.3. The molecule has 0 amide bonds. The maximum absolute atomic E-state index is 7.38. The van der Waals surface area contributed by atoms with Crippen LogP contribution in [-0.4, -0.2) is 43.6 Å². The molecule has 15 heteroatoms. The average Bonchev–Trinajstić information content (AvgIpc) is 1.57. The summed E-state index contributed by atoms with van der Waals surface area (Å²) in [6.45, 7) is 21.9. The lowest BCUT2D eigenvalue weighted by atomic mass is 10.0. The normalized spacial score (nSPS) is 11.6. The Morgan fingerprint density at radius 3 is 1.08 bits per heavy atom. The molecule has 0 saturated carbocycles. The van der Waals surface area contributed by atoms with Crippen LogP contribution in [0.1, 0.15) is 0 Å². The molecule has 0 bridgehead atoms. The smallest absolute Gasteiger partial charge is 0.235 e. The van der Waals surface area contributed by atoms with E-state index in [4.69, 9.17) is 54.0 Å². The molecule has 0 aliphatic rings. The van der Waals surface area contributed by atoms with Gasteiger partial charge in [-0.25, -0.2) is 44.4 Å². The third-order valence-electron chi connectivity index (χ3n) is 25.3. The second kappa shape index (κ2) is 31.3. The number of para-hydroxylation sites is 7. The van der Waals surface area contributed by atoms with Gasteiger partial charge >= 0.3 is 0 Å². The van der Waals surface area contributed by atoms with Crippen molar-refractivity contribution < 1.29 is 4.42 Å². The predicted octanol–water partition coefficient (Wildman–Crippen LogP) is 32.5. The van der Waals surface area contributed by atoms with E-state index in [1.54, 1.807) is 0 Å². The summed E-state index contributed by atoms with van der Waals surface area (Å²) in [5.74, 6) is 1.95. The second-order valence-electron chi connectivity index (χ2n) is 32.8. The minimum Gasteiger partial charge on any atom is -0.456 e. The van der Waals surface area contributed by atoms with Crippen LogP contribution < -0.4 is 0 Å². The van der Waals surface area contributed by atoms with Crippen molar-refractivity contribution in [3.05, 3.63) is 435 Å². The van der Waals surface area contributed by atoms with E-state index in [1.807, 2.05) is 162 Å². The predicted molar refractivity (Wildman–Crippen MR) is 546 cm³/mol. The Labute approximate surface area is 762 Å². The van der Waals surface area contributed by atoms with Crippen molar-refractivity contribution in [3.8, 4) is 85.0 Å². The lowest BCUT2D eigenvalue weighted by molar-refractivity contribution is 0.669. The van der Waals surface area contributed by atoms with Crippen molar-refractivity contribution in [1.29, 1.82) is 0 Å². The zero-order chi connectivity index (χ0) is 87.6. The minimum absolute atomic E-state index is 0.612. The summed E-state index contributed by atoms with van der Waals surface area (Å²) in [5, 5.41) is 17.4. The quantitative estimate of drug-likeness (QED) is 0.132. The van der Waals surface area contributed by atoms with Crippen LogP contribution in [-0.2, 0) is 0 Å². The van der Waals surface area contributed by atoms with E-state index >= 15 is 0 Å². The number of thiophene rings is 2. The second-order valence-corrected chi connectivity index (χ2v) is 35.0. The van der Waals surface area contributed by atoms with Crippen LogP contribution in [0, 0.1) is 19.7 Å². The van der Waals surface area contributed by atoms with Crippen molar-refractivity contribution >= 4 is 200 Å². The molecule has 0 radical (unpaired) electrons. The number of aromatic nitrogens is 9. The van der Waals surface area contributed by atoms with Gasteiger partial charge in [0.05, 0.1) is 86.4 Å². The topological polar surface area (TPSA) is 118 Å². The Bertz CT molecular complexity index is 9580. The highest BCUT2D eigenvalue weighted by Crippen LogP contribution is 2.46. The third kappa shape index (κ3) is 12.9. The Kier molecular flexibility index (Phi) is 18.1. The van der Waals surface area contributed by atoms with Gasteiger partial charge in [0.2, 0.25) is 11.9 Å². The fraction of sp³-hybridized carbons (Fsp3) is 0. The first-order valence-electron chi connectivity index (χ1n) is 43.4. The van der Waals surface area contributed by atoms with Crippen LogP contribution in [0.25, 0.3) is 260 Å². The summed E-state index contributed by atoms with van der Waals surface area (Å²) in [7, 11) is 0. The Balaban J connectivity index is 0.000000106. The van der Waals surface area contributed by atoms with E-state index in [0.717, 1.165) is 155 Å². The summed E-state index contributed by atoms with van der Waals surface area (Å²) in [6.07, 6.45) is 0. The van der Waals surface area contributed by atoms with Crippen molar-refractivity contribution in [2.24, 2.45) is 0 Å². The number of hydrogen-bond acceptors (Lipinski definition) is 9. The Morgan fingerprint density at radius 1 is 0.212 bits per heavy atom. The number of rotatable bonds is 9. The lowest BCUT2D eigenvalue weighted by Gasteiger charge is -2.12. The number of fused-ring (bicyclic) bond motifs is 21. The van der Waals surface area contributed by atoms with E-state index in [2.05, 4.69) is 289 Å². The molecule has 0 spiro atoms. The highest BCUT2D eigenvalue weighted by molar-refractivity contribution is 7.26. The average molecular weight is 1720 g/mol. The molecule has 13 nitrogen and oxygen atoms in total. The molecule has 132 heavy (non-hydrogen) atoms. The maximum Gasteiger partial charge on any atom is 0.235 e. The van der Waals surface area contributed by atoms with Gasteiger partial charge in [-0.05, 0) is 149 Å². The molecule has 0 N–H and O–H groups in total. The number of nitrogens with zero attached hydrogens (tertiary/aromatic N) is 12. The van der Waals surface area contributed by atoms with Crippen molar-refractivity contribution in [1.82, 2.24) is 43.6 Å². The largest absolute Gasteiger partial charge is 0.456 e. The summed E-state index contributed by atoms with van der Waals surface area (Å²) in [4.78, 5) is 41.5. The zero-order valence-corrected chi connectivity index (χ0v) is 71.8. The van der Waals surface area contributed by atoms with Crippen LogP contribution in [0.2, 0.25) is 0 Å². The molecule has 0 saturated heterocycles. The van der Waals surface area contributed by atoms with Gasteiger partial charge in [0.1, 0.15) is 11.2 Å². The van der Waals surface area contributed by atoms with E-state index in [1.165, 1.54) is 72.9 Å². The standard InChI is InChI=1S/C39H22N4O.2C39H22N4S/c1-40-27-10-8-9-26(21-27)24-17-19-25(20-18-24)38-30-13-2-5-14-33(30)41-39(42-38)43-34-15-6-3-11-28(34)31-23-37-32(22-35(31)43)29-12-4-7-16-36(29)44-37;1-40-26-18-14-24(15-19-26)38-30-10-2-5-11-33(30)41-39(42-38)25-16-20-27(21-17-25)43-34-12-6-3-8-28(34)31-23-37-32(22-35(31)43)29-9-4-7-13-36(29)44-37;1-40-27-20-18-25(19-21-27)24-14-16-26(17-15-24)38-30-10-2-5-11-33(30)41-39(42-38)43-34-12-6-3-8-28(34)31-23-37-32(22-35(31)43)29-9-4-7-13-36(29)44-37/h3*2-23H. The van der Waals surface area contributed by atoms with E-state index < -0.39 is 0 Å². The van der Waals surface area contributed by atoms with Crippen molar-refractivity contribution in [2.75, 3.05) is 0 Å². The van der Waals surface area contributed by atoms with Crippen LogP contribution >= 0.6 is 22.7 Å². The Hall–Kier alpha value is -17.9. The molecule has 18 aromatic carbocycles. The molecule has 0 aliphatic heterocycles. The van der Waals surface area contributed by atoms with Gasteiger partial charge < -0.3 is 8.98 Å². The summed E-state index contributed by atoms with van der Waals surface area (Å²) >= 11 is 3.69. The lowest BCUT2D eigenvalue weighted by Crippen LogP contribution is -2.03. The molecule has 27 aromatic rings. The molecule has 9 aromatic heterocycles. The minimum atomic E-state index is 0.612. The van der Waals surface area contributed by atoms with Gasteiger partial charge in [-0.1, -0.05) is 279 Å². The van der Waals surface area contributed by atoms with Crippen LogP contribution in [0.5, 0.6) is 0 Å². The first-order chi connectivity index (χ1) is 65.2. The number of hydrogen-bond donors (Lipinski definition) is 0. The van der Waals surface area contributed by atoms with Gasteiger partial charge in [-0.2, -0.15) is 0 Å². The van der Waals surface area contributed by atoms with Gasteiger partial charge in [0.15, 0.2) is 22.9 Å². The summed E-state index contributed by atoms with van der Waals surface area (Å²) in [5.41, 5.74) is 24.8. The molecular weight excluding hydrogens is 1650 g/mol. The highest BCUT2D eigenvalue weighted by atomic mass is 32.1. The van der Waals surface area contributed by atoms with Crippen molar-refractivity contribution in [2.45, 2.75) is 0 Å². The molecule has 612 valence electrons. The fourth-order valence-electron chi connectivity index (χ4n) is 19.0. The zero-order valence-electron chi connectivity index (χ0n) is 70.2. The molecule has 0 unspecified atom stereocenters. The third-order valence-corrected chi connectivity index (χ3v) is 27.6. The molecule has 27 rings (SSSR count). The van der Waals surface area contributed by atoms with Crippen LogP contribution in [0.15, 0.2) is 405 Å². The van der Waals surface area contributed by atoms with Crippen molar-refractivity contribution in [3.63, 3.8) is 0 Å². The maximum atomic E-state index is 7.38. The first kappa shape index (κ1) is 76.5. The van der Waals surface area contributed by atoms with E-state index in [9.17, 15) is 0 Å². The van der Waals surface area contributed by atoms with Crippen LogP contribution in [0.4, 0.5) is 17.1 Å². The molecular formula is C117H66N12OS2. The highest BCUT2D eigenvalue weighted by Gasteiger charge is 2.25. The van der Waals surface area contributed by atoms with E-state index in [-0.39, 0.29) is 0 Å². The van der Waals surface area contributed by atoms with Gasteiger partial charge in [-0.15, -0.1) is 22.7 Å². The molecule has 9 heterocycles. The van der Waals surface area contributed by atoms with Crippen LogP contribution in [0.3, 0.4) is 0 Å². The molecule has 0 atom stereocenters. The molecule has 0 fully saturated rings.